The Balaban J connectivity index is 2.95. The molecule has 150 valence electrons. The van der Waals surface area contributed by atoms with E-state index < -0.39 is 31.0 Å². The minimum Gasteiger partial charge on any atom is -0.394 e. The van der Waals surface area contributed by atoms with Crippen LogP contribution in [0.4, 0.5) is 0 Å². The molecule has 5 atom stereocenters. The van der Waals surface area contributed by atoms with Crippen molar-refractivity contribution < 1.29 is 25.2 Å². The average Bonchev–Trinajstić information content (AvgIpc) is 2.58. The Bertz CT molecular complexity index is 526. The fourth-order valence-corrected chi connectivity index (χ4v) is 3.59. The van der Waals surface area contributed by atoms with Crippen molar-refractivity contribution in [3.63, 3.8) is 0 Å². The Morgan fingerprint density at radius 1 is 1.35 bits per heavy atom. The van der Waals surface area contributed by atoms with Crippen molar-refractivity contribution in [2.45, 2.75) is 58.5 Å². The predicted molar refractivity (Wildman–Crippen MR) is 102 cm³/mol. The lowest BCUT2D eigenvalue weighted by atomic mass is 9.71. The summed E-state index contributed by atoms with van der Waals surface area (Å²) in [6.45, 7) is 8.00. The van der Waals surface area contributed by atoms with Gasteiger partial charge in [-0.25, -0.2) is 0 Å². The second-order valence-electron chi connectivity index (χ2n) is 7.52. The topological polar surface area (TPSA) is 102 Å². The summed E-state index contributed by atoms with van der Waals surface area (Å²) >= 11 is 0. The lowest BCUT2D eigenvalue weighted by Gasteiger charge is -2.36. The van der Waals surface area contributed by atoms with Crippen molar-refractivity contribution in [1.29, 1.82) is 0 Å². The van der Waals surface area contributed by atoms with Gasteiger partial charge >= 0.3 is 0 Å². The molecule has 0 aromatic heterocycles. The van der Waals surface area contributed by atoms with Gasteiger partial charge in [-0.3, -0.25) is 0 Å². The van der Waals surface area contributed by atoms with Crippen LogP contribution in [-0.2, 0) is 4.74 Å². The maximum absolute atomic E-state index is 10.3. The molecule has 5 N–H and O–H groups in total. The van der Waals surface area contributed by atoms with Crippen molar-refractivity contribution >= 4 is 0 Å². The number of aliphatic hydroxyl groups excluding tert-OH is 4. The zero-order valence-electron chi connectivity index (χ0n) is 16.5. The normalized spacial score (nSPS) is 26.4. The number of hydrogen-bond acceptors (Lipinski definition) is 6. The molecule has 0 amide bonds. The smallest absolute Gasteiger partial charge is 0.114 e. The van der Waals surface area contributed by atoms with Crippen LogP contribution in [0.5, 0.6) is 0 Å². The maximum Gasteiger partial charge on any atom is 0.114 e. The van der Waals surface area contributed by atoms with Crippen molar-refractivity contribution in [3.05, 3.63) is 35.6 Å². The highest BCUT2D eigenvalue weighted by Crippen LogP contribution is 2.41. The van der Waals surface area contributed by atoms with Crippen LogP contribution in [0.3, 0.4) is 0 Å². The van der Waals surface area contributed by atoms with Crippen LogP contribution in [0.15, 0.2) is 35.6 Å². The molecule has 0 saturated heterocycles. The lowest BCUT2D eigenvalue weighted by Crippen LogP contribution is -2.50. The molecule has 6 nitrogen and oxygen atoms in total. The van der Waals surface area contributed by atoms with Crippen molar-refractivity contribution in [1.82, 2.24) is 5.32 Å². The highest BCUT2D eigenvalue weighted by atomic mass is 16.5. The van der Waals surface area contributed by atoms with E-state index in [0.717, 1.165) is 12.1 Å². The van der Waals surface area contributed by atoms with Crippen LogP contribution in [0.25, 0.3) is 0 Å². The molecular weight excluding hydrogens is 334 g/mol. The van der Waals surface area contributed by atoms with E-state index in [1.807, 2.05) is 19.1 Å². The summed E-state index contributed by atoms with van der Waals surface area (Å²) in [4.78, 5) is 0. The number of aliphatic hydroxyl groups is 4. The van der Waals surface area contributed by atoms with Crippen LogP contribution >= 0.6 is 0 Å². The molecular formula is C20H35NO5. The monoisotopic (exact) mass is 369 g/mol. The number of ether oxygens (including phenoxy) is 1. The Labute approximate surface area is 156 Å². The summed E-state index contributed by atoms with van der Waals surface area (Å²) in [7, 11) is 1.32. The first kappa shape index (κ1) is 22.9. The summed E-state index contributed by atoms with van der Waals surface area (Å²) < 4.78 is 5.02. The molecule has 6 heteroatoms. The van der Waals surface area contributed by atoms with Crippen molar-refractivity contribution in [2.75, 3.05) is 20.3 Å². The number of hydrogen-bond donors (Lipinski definition) is 5. The summed E-state index contributed by atoms with van der Waals surface area (Å²) in [6, 6.07) is 0. The quantitative estimate of drug-likeness (QED) is 0.390. The molecule has 5 unspecified atom stereocenters. The summed E-state index contributed by atoms with van der Waals surface area (Å²) in [5.74, 6) is 0.266. The molecule has 1 rings (SSSR count). The second kappa shape index (κ2) is 10.2. The molecule has 26 heavy (non-hydrogen) atoms. The minimum absolute atomic E-state index is 0.0122. The first-order valence-electron chi connectivity index (χ1n) is 9.15. The second-order valence-corrected chi connectivity index (χ2v) is 7.52. The number of allylic oxidation sites excluding steroid dienone is 5. The van der Waals surface area contributed by atoms with Gasteiger partial charge in [0.2, 0.25) is 0 Å². The van der Waals surface area contributed by atoms with Crippen molar-refractivity contribution in [3.8, 4) is 0 Å². The van der Waals surface area contributed by atoms with Crippen molar-refractivity contribution in [2.24, 2.45) is 11.3 Å². The van der Waals surface area contributed by atoms with Crippen LogP contribution < -0.4 is 5.32 Å². The highest BCUT2D eigenvalue weighted by molar-refractivity contribution is 5.35. The molecule has 0 radical (unpaired) electrons. The Hall–Kier alpha value is -1.18. The zero-order chi connectivity index (χ0) is 19.9. The Morgan fingerprint density at radius 3 is 2.50 bits per heavy atom. The standard InChI is InChI=1S/C20H35NO5/c1-6-8-14(17-13(2)9-7-10-20(17,3)4)21-11-15(23)18(25)19(26-5)16(24)12-22/h6-9,13,15-16,18-19,21-25H,10-12H2,1-5H3. The third-order valence-corrected chi connectivity index (χ3v) is 4.93. The van der Waals surface area contributed by atoms with E-state index in [1.165, 1.54) is 12.7 Å². The fourth-order valence-electron chi connectivity index (χ4n) is 3.59. The molecule has 0 aromatic rings. The van der Waals surface area contributed by atoms with Gasteiger partial charge in [-0.15, -0.1) is 0 Å². The molecule has 0 aromatic carbocycles. The van der Waals surface area contributed by atoms with E-state index in [4.69, 9.17) is 9.84 Å². The maximum atomic E-state index is 10.3. The number of nitrogens with one attached hydrogen (secondary N) is 1. The van der Waals surface area contributed by atoms with Gasteiger partial charge in [0.05, 0.1) is 12.7 Å². The van der Waals surface area contributed by atoms with E-state index >= 15 is 0 Å². The van der Waals surface area contributed by atoms with Crippen LogP contribution in [0, 0.1) is 11.3 Å². The van der Waals surface area contributed by atoms with Gasteiger partial charge in [-0.2, -0.15) is 0 Å². The fraction of sp³-hybridized carbons (Fsp3) is 0.700. The molecule has 0 heterocycles. The molecule has 0 fully saturated rings. The molecule has 0 spiro atoms. The first-order chi connectivity index (χ1) is 12.2. The molecule has 0 saturated carbocycles. The van der Waals surface area contributed by atoms with Gasteiger partial charge in [0.15, 0.2) is 0 Å². The SMILES string of the molecule is CC=CC(NCC(O)C(O)C(OC)C(O)CO)=C1C(C)C=CCC1(C)C. The predicted octanol–water partition coefficient (Wildman–Crippen LogP) is 1.12. The van der Waals surface area contributed by atoms with Crippen LogP contribution in [0.2, 0.25) is 0 Å². The molecule has 0 aliphatic heterocycles. The minimum atomic E-state index is -1.33. The lowest BCUT2D eigenvalue weighted by molar-refractivity contribution is -0.128. The van der Waals surface area contributed by atoms with E-state index in [9.17, 15) is 15.3 Å². The average molecular weight is 370 g/mol. The zero-order valence-corrected chi connectivity index (χ0v) is 16.5. The molecule has 1 aliphatic carbocycles. The van der Waals surface area contributed by atoms with Gasteiger partial charge in [0.1, 0.15) is 18.3 Å². The Kier molecular flexibility index (Phi) is 9.00. The summed E-state index contributed by atoms with van der Waals surface area (Å²) in [5, 5.41) is 42.6. The summed E-state index contributed by atoms with van der Waals surface area (Å²) in [5.41, 5.74) is 2.16. The van der Waals surface area contributed by atoms with E-state index in [-0.39, 0.29) is 17.9 Å². The van der Waals surface area contributed by atoms with Gasteiger partial charge < -0.3 is 30.5 Å². The number of methoxy groups -OCH3 is 1. The van der Waals surface area contributed by atoms with Gasteiger partial charge in [-0.05, 0) is 36.3 Å². The van der Waals surface area contributed by atoms with E-state index in [1.54, 1.807) is 0 Å². The van der Waals surface area contributed by atoms with E-state index in [2.05, 4.69) is 38.2 Å². The van der Waals surface area contributed by atoms with Crippen LogP contribution in [0.1, 0.15) is 34.1 Å². The van der Waals surface area contributed by atoms with Gasteiger partial charge in [0, 0.05) is 19.4 Å². The van der Waals surface area contributed by atoms with Gasteiger partial charge in [-0.1, -0.05) is 39.0 Å². The molecule has 0 bridgehead atoms. The third kappa shape index (κ3) is 5.66. The summed E-state index contributed by atoms with van der Waals surface area (Å²) in [6.07, 6.45) is 4.39. The third-order valence-electron chi connectivity index (χ3n) is 4.93. The molecule has 1 aliphatic rings. The Morgan fingerprint density at radius 2 is 2.00 bits per heavy atom. The number of rotatable bonds is 9. The largest absolute Gasteiger partial charge is 0.394 e. The van der Waals surface area contributed by atoms with Crippen LogP contribution in [-0.4, -0.2) is 65.1 Å². The highest BCUT2D eigenvalue weighted by Gasteiger charge is 2.33. The first-order valence-corrected chi connectivity index (χ1v) is 9.15. The van der Waals surface area contributed by atoms with Gasteiger partial charge in [0.25, 0.3) is 0 Å². The van der Waals surface area contributed by atoms with E-state index in [0.29, 0.717) is 0 Å².